The van der Waals surface area contributed by atoms with Crippen LogP contribution in [0.2, 0.25) is 10.0 Å². The van der Waals surface area contributed by atoms with Gasteiger partial charge in [-0.2, -0.15) is 0 Å². The number of hydrogen-bond donors (Lipinski definition) is 0. The Labute approximate surface area is 102 Å². The van der Waals surface area contributed by atoms with Crippen LogP contribution in [0, 0.1) is 0 Å². The summed E-state index contributed by atoms with van der Waals surface area (Å²) in [6.45, 7) is 0.242. The highest BCUT2D eigenvalue weighted by Crippen LogP contribution is 2.31. The molecular weight excluding hydrogens is 258 g/mol. The first-order chi connectivity index (χ1) is 7.19. The molecule has 0 amide bonds. The van der Waals surface area contributed by atoms with Gasteiger partial charge in [0.25, 0.3) is 0 Å². The second-order valence-electron chi connectivity index (χ2n) is 2.60. The largest absolute Gasteiger partial charge is 0.487 e. The molecule has 0 aliphatic rings. The fourth-order valence-corrected chi connectivity index (χ4v) is 1.62. The predicted molar refractivity (Wildman–Crippen MR) is 62.3 cm³/mol. The molecule has 0 unspecified atom stereocenters. The first kappa shape index (κ1) is 12.4. The van der Waals surface area contributed by atoms with E-state index in [2.05, 4.69) is 0 Å². The van der Waals surface area contributed by atoms with Gasteiger partial charge in [-0.05, 0) is 18.2 Å². The van der Waals surface area contributed by atoms with Crippen molar-refractivity contribution >= 4 is 41.1 Å². The van der Waals surface area contributed by atoms with Crippen LogP contribution in [0.4, 0.5) is 0 Å². The molecule has 0 bridgehead atoms. The van der Waals surface area contributed by atoms with E-state index in [9.17, 15) is 4.79 Å². The predicted octanol–water partition coefficient (Wildman–Crippen LogP) is 3.94. The molecule has 0 saturated heterocycles. The van der Waals surface area contributed by atoms with Crippen molar-refractivity contribution in [2.75, 3.05) is 6.61 Å². The first-order valence-electron chi connectivity index (χ1n) is 4.01. The maximum Gasteiger partial charge on any atom is 0.153 e. The van der Waals surface area contributed by atoms with Gasteiger partial charge in [-0.15, -0.1) is 0 Å². The Bertz CT molecular complexity index is 388. The van der Waals surface area contributed by atoms with E-state index in [1.807, 2.05) is 0 Å². The topological polar surface area (TPSA) is 26.3 Å². The van der Waals surface area contributed by atoms with Crippen molar-refractivity contribution in [1.82, 2.24) is 0 Å². The Morgan fingerprint density at radius 3 is 2.67 bits per heavy atom. The monoisotopic (exact) mass is 264 g/mol. The van der Waals surface area contributed by atoms with Crippen molar-refractivity contribution in [3.05, 3.63) is 39.4 Å². The lowest BCUT2D eigenvalue weighted by atomic mass is 10.2. The first-order valence-corrected chi connectivity index (χ1v) is 5.20. The fraction of sp³-hybridized carbons (Fsp3) is 0.100. The lowest BCUT2D eigenvalue weighted by Crippen LogP contribution is -1.98. The van der Waals surface area contributed by atoms with E-state index in [1.165, 1.54) is 17.7 Å². The zero-order valence-corrected chi connectivity index (χ0v) is 9.81. The Morgan fingerprint density at radius 2 is 2.07 bits per heavy atom. The number of hydrogen-bond acceptors (Lipinski definition) is 2. The van der Waals surface area contributed by atoms with Crippen LogP contribution >= 0.6 is 34.8 Å². The normalized spacial score (nSPS) is 10.6. The minimum atomic E-state index is 0.242. The van der Waals surface area contributed by atoms with E-state index in [1.54, 1.807) is 6.08 Å². The number of aldehydes is 1. The Kier molecular flexibility index (Phi) is 4.95. The molecular formula is C10H7Cl3O2. The maximum atomic E-state index is 10.7. The third kappa shape index (κ3) is 3.42. The van der Waals surface area contributed by atoms with Gasteiger partial charge in [0, 0.05) is 10.6 Å². The molecule has 0 fully saturated rings. The third-order valence-electron chi connectivity index (χ3n) is 1.58. The molecule has 1 rings (SSSR count). The summed E-state index contributed by atoms with van der Waals surface area (Å²) in [5.74, 6) is 0.311. The Hall–Kier alpha value is -0.700. The minimum absolute atomic E-state index is 0.242. The van der Waals surface area contributed by atoms with Crippen molar-refractivity contribution in [2.45, 2.75) is 0 Å². The number of benzene rings is 1. The number of rotatable bonds is 4. The highest BCUT2D eigenvalue weighted by Gasteiger charge is 2.09. The van der Waals surface area contributed by atoms with Crippen LogP contribution in [-0.2, 0) is 0 Å². The molecule has 0 radical (unpaired) electrons. The van der Waals surface area contributed by atoms with Gasteiger partial charge >= 0.3 is 0 Å². The molecule has 80 valence electrons. The van der Waals surface area contributed by atoms with E-state index in [4.69, 9.17) is 39.5 Å². The van der Waals surface area contributed by atoms with Crippen molar-refractivity contribution in [3.8, 4) is 5.75 Å². The summed E-state index contributed by atoms with van der Waals surface area (Å²) in [6.07, 6.45) is 2.22. The summed E-state index contributed by atoms with van der Waals surface area (Å²) in [6, 6.07) is 3.00. The van der Waals surface area contributed by atoms with Crippen LogP contribution < -0.4 is 4.74 Å². The van der Waals surface area contributed by atoms with E-state index >= 15 is 0 Å². The van der Waals surface area contributed by atoms with Crippen LogP contribution in [0.3, 0.4) is 0 Å². The van der Waals surface area contributed by atoms with Gasteiger partial charge in [-0.25, -0.2) is 0 Å². The van der Waals surface area contributed by atoms with Crippen molar-refractivity contribution in [1.29, 1.82) is 0 Å². The SMILES string of the molecule is O=Cc1cc(Cl)cc(Cl)c1OC/C=C/Cl. The Morgan fingerprint density at radius 1 is 1.33 bits per heavy atom. The average molecular weight is 266 g/mol. The number of carbonyl (C=O) groups is 1. The van der Waals surface area contributed by atoms with E-state index in [0.29, 0.717) is 27.6 Å². The summed E-state index contributed by atoms with van der Waals surface area (Å²) in [4.78, 5) is 10.7. The zero-order chi connectivity index (χ0) is 11.3. The number of halogens is 3. The molecule has 15 heavy (non-hydrogen) atoms. The molecule has 0 spiro atoms. The fourth-order valence-electron chi connectivity index (χ4n) is 0.988. The number of carbonyl (C=O) groups excluding carboxylic acids is 1. The molecule has 1 aromatic rings. The molecule has 0 atom stereocenters. The van der Waals surface area contributed by atoms with Gasteiger partial charge in [0.15, 0.2) is 6.29 Å². The molecule has 0 aliphatic carbocycles. The quantitative estimate of drug-likeness (QED) is 0.771. The molecule has 0 saturated carbocycles. The van der Waals surface area contributed by atoms with Crippen LogP contribution in [0.1, 0.15) is 10.4 Å². The second-order valence-corrected chi connectivity index (χ2v) is 3.69. The highest BCUT2D eigenvalue weighted by molar-refractivity contribution is 6.36. The summed E-state index contributed by atoms with van der Waals surface area (Å²) in [7, 11) is 0. The minimum Gasteiger partial charge on any atom is -0.487 e. The Balaban J connectivity index is 2.98. The standard InChI is InChI=1S/C10H7Cl3O2/c11-2-1-3-15-10-7(6-14)4-8(12)5-9(10)13/h1-2,4-6H,3H2/b2-1+. The third-order valence-corrected chi connectivity index (χ3v) is 2.25. The molecule has 5 heteroatoms. The van der Waals surface area contributed by atoms with E-state index < -0.39 is 0 Å². The van der Waals surface area contributed by atoms with E-state index in [-0.39, 0.29) is 6.61 Å². The van der Waals surface area contributed by atoms with Crippen LogP contribution in [-0.4, -0.2) is 12.9 Å². The zero-order valence-electron chi connectivity index (χ0n) is 7.54. The van der Waals surface area contributed by atoms with Crippen molar-refractivity contribution < 1.29 is 9.53 Å². The average Bonchev–Trinajstić information content (AvgIpc) is 2.20. The molecule has 0 heterocycles. The van der Waals surface area contributed by atoms with Gasteiger partial charge in [0.2, 0.25) is 0 Å². The molecule has 0 aromatic heterocycles. The smallest absolute Gasteiger partial charge is 0.153 e. The van der Waals surface area contributed by atoms with Gasteiger partial charge in [0.1, 0.15) is 12.4 Å². The van der Waals surface area contributed by atoms with Gasteiger partial charge < -0.3 is 4.74 Å². The molecule has 0 N–H and O–H groups in total. The number of ether oxygens (including phenoxy) is 1. The second kappa shape index (κ2) is 6.01. The van der Waals surface area contributed by atoms with Gasteiger partial charge in [-0.3, -0.25) is 4.79 Å². The molecule has 0 aliphatic heterocycles. The highest BCUT2D eigenvalue weighted by atomic mass is 35.5. The van der Waals surface area contributed by atoms with Crippen molar-refractivity contribution in [3.63, 3.8) is 0 Å². The summed E-state index contributed by atoms with van der Waals surface area (Å²) < 4.78 is 5.26. The van der Waals surface area contributed by atoms with Gasteiger partial charge in [-0.1, -0.05) is 34.8 Å². The molecule has 2 nitrogen and oxygen atoms in total. The summed E-state index contributed by atoms with van der Waals surface area (Å²) in [5, 5.41) is 0.690. The van der Waals surface area contributed by atoms with Crippen LogP contribution in [0.5, 0.6) is 5.75 Å². The summed E-state index contributed by atoms with van der Waals surface area (Å²) >= 11 is 16.9. The van der Waals surface area contributed by atoms with Gasteiger partial charge in [0.05, 0.1) is 10.6 Å². The summed E-state index contributed by atoms with van der Waals surface area (Å²) in [5.41, 5.74) is 1.64. The van der Waals surface area contributed by atoms with Crippen LogP contribution in [0.25, 0.3) is 0 Å². The molecule has 1 aromatic carbocycles. The van der Waals surface area contributed by atoms with E-state index in [0.717, 1.165) is 0 Å². The lowest BCUT2D eigenvalue weighted by molar-refractivity contribution is 0.112. The van der Waals surface area contributed by atoms with Crippen LogP contribution in [0.15, 0.2) is 23.7 Å². The van der Waals surface area contributed by atoms with Crippen molar-refractivity contribution in [2.24, 2.45) is 0 Å². The lowest BCUT2D eigenvalue weighted by Gasteiger charge is -2.08. The maximum absolute atomic E-state index is 10.7.